The highest BCUT2D eigenvalue weighted by atomic mass is 16.5. The maximum absolute atomic E-state index is 12.4. The Balaban J connectivity index is 1.23. The van der Waals surface area contributed by atoms with E-state index in [1.807, 2.05) is 6.20 Å². The van der Waals surface area contributed by atoms with Crippen LogP contribution in [0.15, 0.2) is 18.3 Å². The number of aryl methyl sites for hydroxylation is 1. The van der Waals surface area contributed by atoms with E-state index in [-0.39, 0.29) is 11.5 Å². The van der Waals surface area contributed by atoms with Crippen LogP contribution in [0.2, 0.25) is 0 Å². The number of anilines is 1. The van der Waals surface area contributed by atoms with E-state index in [2.05, 4.69) is 34.3 Å². The monoisotopic (exact) mass is 369 g/mol. The molecule has 146 valence electrons. The van der Waals surface area contributed by atoms with Crippen molar-refractivity contribution in [3.63, 3.8) is 0 Å². The molecule has 5 rings (SSSR count). The number of amides is 1. The third-order valence-corrected chi connectivity index (χ3v) is 7.49. The molecule has 4 atom stereocenters. The maximum Gasteiger partial charge on any atom is 0.220 e. The molecule has 1 aromatic rings. The van der Waals surface area contributed by atoms with Crippen molar-refractivity contribution in [2.45, 2.75) is 63.6 Å². The lowest BCUT2D eigenvalue weighted by molar-refractivity contribution is -0.122. The molecule has 5 nitrogen and oxygen atoms in total. The highest BCUT2D eigenvalue weighted by Gasteiger charge is 2.63. The summed E-state index contributed by atoms with van der Waals surface area (Å²) in [6.07, 6.45) is 10.3. The van der Waals surface area contributed by atoms with Crippen molar-refractivity contribution >= 4 is 11.7 Å². The molecular weight excluding hydrogens is 338 g/mol. The van der Waals surface area contributed by atoms with Crippen LogP contribution in [-0.2, 0) is 9.53 Å². The number of rotatable bonds is 5. The Kier molecular flexibility index (Phi) is 4.38. The highest BCUT2D eigenvalue weighted by molar-refractivity contribution is 5.76. The second kappa shape index (κ2) is 6.77. The zero-order chi connectivity index (χ0) is 18.4. The van der Waals surface area contributed by atoms with E-state index in [0.717, 1.165) is 38.3 Å². The molecule has 4 aliphatic rings. The van der Waals surface area contributed by atoms with Gasteiger partial charge in [-0.1, -0.05) is 18.9 Å². The zero-order valence-corrected chi connectivity index (χ0v) is 16.3. The Morgan fingerprint density at radius 2 is 2.19 bits per heavy atom. The first kappa shape index (κ1) is 17.5. The van der Waals surface area contributed by atoms with Gasteiger partial charge in [0, 0.05) is 44.1 Å². The normalized spacial score (nSPS) is 35.0. The van der Waals surface area contributed by atoms with E-state index >= 15 is 0 Å². The summed E-state index contributed by atoms with van der Waals surface area (Å²) in [6.45, 7) is 4.79. The Bertz CT molecular complexity index is 700. The Labute approximate surface area is 161 Å². The molecule has 3 saturated heterocycles. The first-order valence-corrected chi connectivity index (χ1v) is 10.8. The minimum absolute atomic E-state index is 0.0158. The van der Waals surface area contributed by atoms with Crippen LogP contribution in [0.1, 0.15) is 50.5 Å². The summed E-state index contributed by atoms with van der Waals surface area (Å²) in [5, 5.41) is 3.25. The lowest BCUT2D eigenvalue weighted by atomic mass is 9.73. The van der Waals surface area contributed by atoms with Crippen LogP contribution in [0.5, 0.6) is 0 Å². The van der Waals surface area contributed by atoms with Crippen LogP contribution < -0.4 is 10.2 Å². The summed E-state index contributed by atoms with van der Waals surface area (Å²) < 4.78 is 6.52. The molecular formula is C22H31N3O2. The van der Waals surface area contributed by atoms with Gasteiger partial charge in [0.1, 0.15) is 5.82 Å². The summed E-state index contributed by atoms with van der Waals surface area (Å²) in [7, 11) is 0. The summed E-state index contributed by atoms with van der Waals surface area (Å²) >= 11 is 0. The predicted molar refractivity (Wildman–Crippen MR) is 105 cm³/mol. The van der Waals surface area contributed by atoms with Crippen molar-refractivity contribution in [2.24, 2.45) is 17.8 Å². The number of nitrogens with zero attached hydrogens (tertiary/aromatic N) is 2. The van der Waals surface area contributed by atoms with E-state index in [1.54, 1.807) is 0 Å². The Morgan fingerprint density at radius 1 is 1.33 bits per heavy atom. The number of aromatic nitrogens is 1. The number of carbonyl (C=O) groups excluding carboxylic acids is 1. The van der Waals surface area contributed by atoms with Crippen LogP contribution in [0, 0.1) is 24.7 Å². The maximum atomic E-state index is 12.4. The quantitative estimate of drug-likeness (QED) is 0.867. The van der Waals surface area contributed by atoms with Gasteiger partial charge in [0.2, 0.25) is 5.91 Å². The van der Waals surface area contributed by atoms with Gasteiger partial charge >= 0.3 is 0 Å². The van der Waals surface area contributed by atoms with Crippen molar-refractivity contribution < 1.29 is 9.53 Å². The SMILES string of the molecule is Cc1ccc(N2C[C@@H]3[C@H](CNC(=O)CC4CCCC4)[C@H]4CC[C@]3(C2)O4)nc1. The first-order valence-electron chi connectivity index (χ1n) is 10.8. The second-order valence-electron chi connectivity index (χ2n) is 9.26. The third-order valence-electron chi connectivity index (χ3n) is 7.49. The van der Waals surface area contributed by atoms with Gasteiger partial charge in [-0.25, -0.2) is 4.98 Å². The minimum atomic E-state index is -0.0158. The van der Waals surface area contributed by atoms with E-state index in [0.29, 0.717) is 30.3 Å². The molecule has 1 saturated carbocycles. The summed E-state index contributed by atoms with van der Waals surface area (Å²) in [5.41, 5.74) is 1.18. The van der Waals surface area contributed by atoms with Crippen LogP contribution in [0.4, 0.5) is 5.82 Å². The molecule has 1 amide bonds. The van der Waals surface area contributed by atoms with Gasteiger partial charge in [0.25, 0.3) is 0 Å². The van der Waals surface area contributed by atoms with Crippen molar-refractivity contribution in [3.05, 3.63) is 23.9 Å². The fraction of sp³-hybridized carbons (Fsp3) is 0.727. The fourth-order valence-corrected chi connectivity index (χ4v) is 6.07. The van der Waals surface area contributed by atoms with Crippen LogP contribution >= 0.6 is 0 Å². The molecule has 1 aliphatic carbocycles. The number of carbonyl (C=O) groups is 1. The molecule has 1 aromatic heterocycles. The predicted octanol–water partition coefficient (Wildman–Crippen LogP) is 3.07. The molecule has 1 N–H and O–H groups in total. The van der Waals surface area contributed by atoms with Crippen LogP contribution in [0.25, 0.3) is 0 Å². The van der Waals surface area contributed by atoms with Gasteiger partial charge < -0.3 is 15.0 Å². The summed E-state index contributed by atoms with van der Waals surface area (Å²) in [6, 6.07) is 4.25. The molecule has 4 fully saturated rings. The van der Waals surface area contributed by atoms with E-state index in [4.69, 9.17) is 4.74 Å². The first-order chi connectivity index (χ1) is 13.1. The van der Waals surface area contributed by atoms with E-state index < -0.39 is 0 Å². The average molecular weight is 370 g/mol. The minimum Gasteiger partial charge on any atom is -0.369 e. The molecule has 1 spiro atoms. The smallest absolute Gasteiger partial charge is 0.220 e. The number of fused-ring (bicyclic) bond motifs is 1. The largest absolute Gasteiger partial charge is 0.369 e. The number of hydrogen-bond donors (Lipinski definition) is 1. The molecule has 0 radical (unpaired) electrons. The van der Waals surface area contributed by atoms with Crippen LogP contribution in [0.3, 0.4) is 0 Å². The molecule has 3 aliphatic heterocycles. The van der Waals surface area contributed by atoms with Crippen LogP contribution in [-0.4, -0.2) is 42.2 Å². The average Bonchev–Trinajstić information content (AvgIpc) is 3.41. The second-order valence-corrected chi connectivity index (χ2v) is 9.26. The van der Waals surface area contributed by atoms with Crippen molar-refractivity contribution in [1.82, 2.24) is 10.3 Å². The van der Waals surface area contributed by atoms with Gasteiger partial charge in [-0.3, -0.25) is 4.79 Å². The highest BCUT2D eigenvalue weighted by Crippen LogP contribution is 2.55. The van der Waals surface area contributed by atoms with Gasteiger partial charge in [-0.2, -0.15) is 0 Å². The fourth-order valence-electron chi connectivity index (χ4n) is 6.07. The van der Waals surface area contributed by atoms with Gasteiger partial charge in [-0.05, 0) is 50.2 Å². The lowest BCUT2D eigenvalue weighted by Gasteiger charge is -2.29. The molecule has 4 heterocycles. The van der Waals surface area contributed by atoms with E-state index in [9.17, 15) is 4.79 Å². The lowest BCUT2D eigenvalue weighted by Crippen LogP contribution is -2.42. The van der Waals surface area contributed by atoms with Gasteiger partial charge in [-0.15, -0.1) is 0 Å². The molecule has 2 bridgehead atoms. The number of pyridine rings is 1. The molecule has 0 aromatic carbocycles. The Morgan fingerprint density at radius 3 is 2.96 bits per heavy atom. The molecule has 27 heavy (non-hydrogen) atoms. The van der Waals surface area contributed by atoms with Gasteiger partial charge in [0.15, 0.2) is 0 Å². The molecule has 0 unspecified atom stereocenters. The zero-order valence-electron chi connectivity index (χ0n) is 16.3. The summed E-state index contributed by atoms with van der Waals surface area (Å²) in [4.78, 5) is 19.4. The van der Waals surface area contributed by atoms with Crippen molar-refractivity contribution in [2.75, 3.05) is 24.5 Å². The Hall–Kier alpha value is -1.62. The molecule has 5 heteroatoms. The third kappa shape index (κ3) is 3.14. The number of hydrogen-bond acceptors (Lipinski definition) is 4. The van der Waals surface area contributed by atoms with Gasteiger partial charge in [0.05, 0.1) is 11.7 Å². The topological polar surface area (TPSA) is 54.5 Å². The number of nitrogens with one attached hydrogen (secondary N) is 1. The van der Waals surface area contributed by atoms with Crippen molar-refractivity contribution in [3.8, 4) is 0 Å². The standard InChI is InChI=1S/C22H31N3O2/c1-15-6-7-20(23-11-15)25-13-18-17(19-8-9-22(18,14-25)27-19)12-24-21(26)10-16-4-2-3-5-16/h6-7,11,16-19H,2-5,8-10,12-14H2,1H3,(H,24,26)/t17-,18+,19+,22+/m0/s1. The van der Waals surface area contributed by atoms with E-state index in [1.165, 1.54) is 31.2 Å². The number of ether oxygens (including phenoxy) is 1. The summed E-state index contributed by atoms with van der Waals surface area (Å²) in [5.74, 6) is 2.87. The van der Waals surface area contributed by atoms with Crippen molar-refractivity contribution in [1.29, 1.82) is 0 Å².